The molecule has 2 aliphatic heterocycles. The summed E-state index contributed by atoms with van der Waals surface area (Å²) in [5.41, 5.74) is 0.957. The maximum atomic E-state index is 12.4. The molecule has 0 radical (unpaired) electrons. The van der Waals surface area contributed by atoms with E-state index in [9.17, 15) is 4.79 Å². The van der Waals surface area contributed by atoms with Crippen molar-refractivity contribution in [1.82, 2.24) is 10.2 Å². The highest BCUT2D eigenvalue weighted by Gasteiger charge is 2.39. The minimum Gasteiger partial charge on any atom is -0.493 e. The number of rotatable bonds is 4. The first-order valence-corrected chi connectivity index (χ1v) is 8.67. The van der Waals surface area contributed by atoms with E-state index in [1.807, 2.05) is 23.1 Å². The van der Waals surface area contributed by atoms with E-state index in [-0.39, 0.29) is 6.03 Å². The minimum atomic E-state index is -0.474. The Bertz CT molecular complexity index is 591. The first-order valence-electron chi connectivity index (χ1n) is 8.67. The van der Waals surface area contributed by atoms with Gasteiger partial charge in [0.2, 0.25) is 0 Å². The van der Waals surface area contributed by atoms with Crippen molar-refractivity contribution < 1.29 is 23.7 Å². The van der Waals surface area contributed by atoms with E-state index in [0.29, 0.717) is 31.1 Å². The van der Waals surface area contributed by atoms with Gasteiger partial charge in [0, 0.05) is 32.5 Å². The van der Waals surface area contributed by atoms with Crippen LogP contribution in [0, 0.1) is 0 Å². The van der Waals surface area contributed by atoms with Crippen LogP contribution in [0.5, 0.6) is 11.5 Å². The number of hydrogen-bond acceptors (Lipinski definition) is 5. The molecule has 138 valence electrons. The largest absolute Gasteiger partial charge is 0.493 e. The zero-order valence-electron chi connectivity index (χ0n) is 14.9. The van der Waals surface area contributed by atoms with E-state index >= 15 is 0 Å². The molecule has 1 spiro atoms. The number of nitrogens with zero attached hydrogens (tertiary/aromatic N) is 1. The second-order valence-corrected chi connectivity index (χ2v) is 6.30. The summed E-state index contributed by atoms with van der Waals surface area (Å²) in [7, 11) is 3.20. The molecule has 0 aromatic heterocycles. The molecule has 7 nitrogen and oxygen atoms in total. The molecule has 0 saturated carbocycles. The van der Waals surface area contributed by atoms with Gasteiger partial charge in [-0.25, -0.2) is 4.79 Å². The summed E-state index contributed by atoms with van der Waals surface area (Å²) in [6.45, 7) is 3.19. The van der Waals surface area contributed by atoms with Crippen LogP contribution in [0.3, 0.4) is 0 Å². The van der Waals surface area contributed by atoms with Gasteiger partial charge in [0.15, 0.2) is 17.3 Å². The Balaban J connectivity index is 1.50. The first-order chi connectivity index (χ1) is 12.2. The molecule has 1 aromatic rings. The summed E-state index contributed by atoms with van der Waals surface area (Å²) in [6.07, 6.45) is 2.38. The lowest BCUT2D eigenvalue weighted by Crippen LogP contribution is -2.53. The lowest BCUT2D eigenvalue weighted by atomic mass is 10.0. The zero-order chi connectivity index (χ0) is 17.7. The second kappa shape index (κ2) is 7.93. The highest BCUT2D eigenvalue weighted by Crippen LogP contribution is 2.31. The molecule has 1 N–H and O–H groups in total. The van der Waals surface area contributed by atoms with Crippen molar-refractivity contribution >= 4 is 6.03 Å². The standard InChI is InChI=1S/C18H26N2O5/c1-22-15-5-4-14(12-16(15)23-2)13-19-17(21)20-8-6-18(7-9-20)24-10-3-11-25-18/h4-5,12H,3,6-11,13H2,1-2H3,(H,19,21). The fourth-order valence-electron chi connectivity index (χ4n) is 3.24. The molecule has 0 atom stereocenters. The van der Waals surface area contributed by atoms with Crippen LogP contribution in [0.15, 0.2) is 18.2 Å². The van der Waals surface area contributed by atoms with E-state index in [1.54, 1.807) is 14.2 Å². The maximum absolute atomic E-state index is 12.4. The van der Waals surface area contributed by atoms with Crippen molar-refractivity contribution in [2.75, 3.05) is 40.5 Å². The Labute approximate surface area is 148 Å². The average molecular weight is 350 g/mol. The van der Waals surface area contributed by atoms with Crippen LogP contribution in [0.1, 0.15) is 24.8 Å². The number of methoxy groups -OCH3 is 2. The molecule has 2 heterocycles. The van der Waals surface area contributed by atoms with Crippen LogP contribution in [0.2, 0.25) is 0 Å². The predicted molar refractivity (Wildman–Crippen MR) is 91.8 cm³/mol. The van der Waals surface area contributed by atoms with Gasteiger partial charge in [-0.3, -0.25) is 0 Å². The van der Waals surface area contributed by atoms with Crippen molar-refractivity contribution in [1.29, 1.82) is 0 Å². The molecule has 0 unspecified atom stereocenters. The Morgan fingerprint density at radius 2 is 1.84 bits per heavy atom. The van der Waals surface area contributed by atoms with Crippen LogP contribution in [0.25, 0.3) is 0 Å². The molecule has 2 aliphatic rings. The quantitative estimate of drug-likeness (QED) is 0.901. The monoisotopic (exact) mass is 350 g/mol. The highest BCUT2D eigenvalue weighted by molar-refractivity contribution is 5.74. The van der Waals surface area contributed by atoms with Gasteiger partial charge < -0.3 is 29.2 Å². The van der Waals surface area contributed by atoms with Gasteiger partial charge in [0.05, 0.1) is 27.4 Å². The van der Waals surface area contributed by atoms with Crippen LogP contribution < -0.4 is 14.8 Å². The summed E-state index contributed by atoms with van der Waals surface area (Å²) in [6, 6.07) is 5.55. The van der Waals surface area contributed by atoms with E-state index < -0.39 is 5.79 Å². The molecular formula is C18H26N2O5. The fourth-order valence-corrected chi connectivity index (χ4v) is 3.24. The average Bonchev–Trinajstić information content (AvgIpc) is 2.67. The fraction of sp³-hybridized carbons (Fsp3) is 0.611. The predicted octanol–water partition coefficient (Wildman–Crippen LogP) is 2.14. The molecule has 3 rings (SSSR count). The third kappa shape index (κ3) is 4.16. The molecule has 1 aromatic carbocycles. The van der Waals surface area contributed by atoms with Crippen LogP contribution in [-0.4, -0.2) is 57.2 Å². The van der Waals surface area contributed by atoms with Crippen molar-refractivity contribution in [3.63, 3.8) is 0 Å². The van der Waals surface area contributed by atoms with Gasteiger partial charge in [0.25, 0.3) is 0 Å². The van der Waals surface area contributed by atoms with E-state index in [1.165, 1.54) is 0 Å². The normalized spacial score (nSPS) is 19.5. The molecule has 7 heteroatoms. The third-order valence-corrected chi connectivity index (χ3v) is 4.72. The number of urea groups is 1. The number of nitrogens with one attached hydrogen (secondary N) is 1. The number of ether oxygens (including phenoxy) is 4. The number of benzene rings is 1. The van der Waals surface area contributed by atoms with E-state index in [2.05, 4.69) is 5.32 Å². The van der Waals surface area contributed by atoms with Crippen LogP contribution in [0.4, 0.5) is 4.79 Å². The van der Waals surface area contributed by atoms with Gasteiger partial charge >= 0.3 is 6.03 Å². The highest BCUT2D eigenvalue weighted by atomic mass is 16.7. The lowest BCUT2D eigenvalue weighted by Gasteiger charge is -2.43. The molecular weight excluding hydrogens is 324 g/mol. The number of hydrogen-bond donors (Lipinski definition) is 1. The van der Waals surface area contributed by atoms with Gasteiger partial charge in [-0.1, -0.05) is 6.07 Å². The third-order valence-electron chi connectivity index (χ3n) is 4.72. The number of amides is 2. The van der Waals surface area contributed by atoms with Gasteiger partial charge in [-0.15, -0.1) is 0 Å². The maximum Gasteiger partial charge on any atom is 0.317 e. The number of likely N-dealkylation sites (tertiary alicyclic amines) is 1. The molecule has 0 aliphatic carbocycles. The topological polar surface area (TPSA) is 69.3 Å². The van der Waals surface area contributed by atoms with Gasteiger partial charge in [-0.2, -0.15) is 0 Å². The van der Waals surface area contributed by atoms with Crippen molar-refractivity contribution in [2.45, 2.75) is 31.6 Å². The zero-order valence-corrected chi connectivity index (χ0v) is 14.9. The Morgan fingerprint density at radius 1 is 1.16 bits per heavy atom. The lowest BCUT2D eigenvalue weighted by molar-refractivity contribution is -0.281. The van der Waals surface area contributed by atoms with Crippen LogP contribution in [-0.2, 0) is 16.0 Å². The van der Waals surface area contributed by atoms with Crippen molar-refractivity contribution in [2.24, 2.45) is 0 Å². The Morgan fingerprint density at radius 3 is 2.48 bits per heavy atom. The molecule has 2 amide bonds. The Hall–Kier alpha value is -1.99. The number of piperidine rings is 1. The second-order valence-electron chi connectivity index (χ2n) is 6.30. The smallest absolute Gasteiger partial charge is 0.317 e. The summed E-state index contributed by atoms with van der Waals surface area (Å²) in [4.78, 5) is 14.2. The van der Waals surface area contributed by atoms with E-state index in [0.717, 1.165) is 38.0 Å². The SMILES string of the molecule is COc1ccc(CNC(=O)N2CCC3(CC2)OCCCO3)cc1OC. The summed E-state index contributed by atoms with van der Waals surface area (Å²) in [5, 5.41) is 2.96. The molecule has 2 fully saturated rings. The van der Waals surface area contributed by atoms with Gasteiger partial charge in [-0.05, 0) is 24.1 Å². The minimum absolute atomic E-state index is 0.0690. The van der Waals surface area contributed by atoms with Crippen LogP contribution >= 0.6 is 0 Å². The van der Waals surface area contributed by atoms with Gasteiger partial charge in [0.1, 0.15) is 0 Å². The molecule has 2 saturated heterocycles. The van der Waals surface area contributed by atoms with Crippen molar-refractivity contribution in [3.05, 3.63) is 23.8 Å². The van der Waals surface area contributed by atoms with E-state index in [4.69, 9.17) is 18.9 Å². The summed E-state index contributed by atoms with van der Waals surface area (Å²) in [5.74, 6) is 0.852. The summed E-state index contributed by atoms with van der Waals surface area (Å²) >= 11 is 0. The molecule has 0 bridgehead atoms. The Kier molecular flexibility index (Phi) is 5.65. The number of carbonyl (C=O) groups excluding carboxylic acids is 1. The molecule has 25 heavy (non-hydrogen) atoms. The first kappa shape index (κ1) is 17.8. The number of carbonyl (C=O) groups is 1. The summed E-state index contributed by atoms with van der Waals surface area (Å²) < 4.78 is 22.1. The van der Waals surface area contributed by atoms with Crippen molar-refractivity contribution in [3.8, 4) is 11.5 Å².